The summed E-state index contributed by atoms with van der Waals surface area (Å²) in [5.74, 6) is -0.515. The van der Waals surface area contributed by atoms with E-state index in [0.717, 1.165) is 12.0 Å². The Bertz CT molecular complexity index is 456. The molecule has 1 fully saturated rings. The van der Waals surface area contributed by atoms with Crippen LogP contribution in [-0.2, 0) is 4.79 Å². The van der Waals surface area contributed by atoms with Crippen molar-refractivity contribution in [3.8, 4) is 0 Å². The molecular formula is C13H16N2O2. The molecule has 2 rings (SSSR count). The van der Waals surface area contributed by atoms with Crippen molar-refractivity contribution in [2.24, 2.45) is 5.73 Å². The van der Waals surface area contributed by atoms with E-state index in [4.69, 9.17) is 5.73 Å². The third-order valence-electron chi connectivity index (χ3n) is 3.11. The van der Waals surface area contributed by atoms with E-state index in [1.165, 1.54) is 0 Å². The normalized spacial score (nSPS) is 19.4. The molecule has 1 aliphatic rings. The fourth-order valence-corrected chi connectivity index (χ4v) is 2.25. The molecule has 0 aromatic heterocycles. The maximum atomic E-state index is 12.2. The van der Waals surface area contributed by atoms with Gasteiger partial charge in [-0.2, -0.15) is 0 Å². The van der Waals surface area contributed by atoms with Gasteiger partial charge < -0.3 is 10.6 Å². The summed E-state index contributed by atoms with van der Waals surface area (Å²) in [4.78, 5) is 25.1. The second-order valence-electron chi connectivity index (χ2n) is 4.43. The van der Waals surface area contributed by atoms with Crippen molar-refractivity contribution in [3.63, 3.8) is 0 Å². The maximum Gasteiger partial charge on any atom is 0.254 e. The summed E-state index contributed by atoms with van der Waals surface area (Å²) in [6.45, 7) is 2.55. The van der Waals surface area contributed by atoms with Gasteiger partial charge in [0, 0.05) is 12.1 Å². The topological polar surface area (TPSA) is 63.4 Å². The van der Waals surface area contributed by atoms with E-state index >= 15 is 0 Å². The summed E-state index contributed by atoms with van der Waals surface area (Å²) in [6.07, 6.45) is 1.51. The quantitative estimate of drug-likeness (QED) is 0.829. The number of nitrogens with zero attached hydrogens (tertiary/aromatic N) is 1. The van der Waals surface area contributed by atoms with E-state index < -0.39 is 11.9 Å². The zero-order valence-corrected chi connectivity index (χ0v) is 9.85. The summed E-state index contributed by atoms with van der Waals surface area (Å²) in [5.41, 5.74) is 6.96. The van der Waals surface area contributed by atoms with Gasteiger partial charge in [0.05, 0.1) is 0 Å². The first-order valence-corrected chi connectivity index (χ1v) is 5.76. The SMILES string of the molecule is Cc1cccc(C(=O)N2CCCC2C(N)=O)c1. The minimum Gasteiger partial charge on any atom is -0.368 e. The van der Waals surface area contributed by atoms with Gasteiger partial charge in [-0.3, -0.25) is 9.59 Å². The van der Waals surface area contributed by atoms with Crippen LogP contribution < -0.4 is 5.73 Å². The number of carbonyl (C=O) groups excluding carboxylic acids is 2. The van der Waals surface area contributed by atoms with E-state index in [1.54, 1.807) is 11.0 Å². The molecule has 1 aromatic rings. The molecule has 2 N–H and O–H groups in total. The largest absolute Gasteiger partial charge is 0.368 e. The van der Waals surface area contributed by atoms with Crippen molar-refractivity contribution >= 4 is 11.8 Å². The summed E-state index contributed by atoms with van der Waals surface area (Å²) in [6, 6.07) is 6.94. The first kappa shape index (κ1) is 11.6. The number of carbonyl (C=O) groups is 2. The number of hydrogen-bond donors (Lipinski definition) is 1. The number of amides is 2. The number of hydrogen-bond acceptors (Lipinski definition) is 2. The molecule has 1 aromatic carbocycles. The molecule has 1 heterocycles. The van der Waals surface area contributed by atoms with Gasteiger partial charge in [0.15, 0.2) is 0 Å². The summed E-state index contributed by atoms with van der Waals surface area (Å²) >= 11 is 0. The van der Waals surface area contributed by atoms with E-state index in [2.05, 4.69) is 0 Å². The summed E-state index contributed by atoms with van der Waals surface area (Å²) in [5, 5.41) is 0. The monoisotopic (exact) mass is 232 g/mol. The predicted molar refractivity (Wildman–Crippen MR) is 64.4 cm³/mol. The molecule has 0 spiro atoms. The molecular weight excluding hydrogens is 216 g/mol. The number of aryl methyl sites for hydroxylation is 1. The molecule has 1 saturated heterocycles. The van der Waals surface area contributed by atoms with Crippen LogP contribution >= 0.6 is 0 Å². The average molecular weight is 232 g/mol. The standard InChI is InChI=1S/C13H16N2O2/c1-9-4-2-5-10(8-9)13(17)15-7-3-6-11(15)12(14)16/h2,4-5,8,11H,3,6-7H2,1H3,(H2,14,16). The van der Waals surface area contributed by atoms with Crippen LogP contribution in [0.3, 0.4) is 0 Å². The summed E-state index contributed by atoms with van der Waals surface area (Å²) < 4.78 is 0. The number of nitrogens with two attached hydrogens (primary N) is 1. The van der Waals surface area contributed by atoms with Gasteiger partial charge >= 0.3 is 0 Å². The highest BCUT2D eigenvalue weighted by Gasteiger charge is 2.32. The minimum absolute atomic E-state index is 0.102. The van der Waals surface area contributed by atoms with Crippen molar-refractivity contribution in [2.75, 3.05) is 6.54 Å². The van der Waals surface area contributed by atoms with Crippen molar-refractivity contribution in [1.29, 1.82) is 0 Å². The molecule has 0 saturated carbocycles. The second kappa shape index (κ2) is 4.57. The van der Waals surface area contributed by atoms with Crippen LogP contribution in [0.4, 0.5) is 0 Å². The zero-order valence-electron chi connectivity index (χ0n) is 9.85. The Morgan fingerprint density at radius 2 is 2.18 bits per heavy atom. The number of primary amides is 1. The molecule has 4 nitrogen and oxygen atoms in total. The molecule has 0 bridgehead atoms. The predicted octanol–water partition coefficient (Wildman–Crippen LogP) is 1.08. The van der Waals surface area contributed by atoms with Crippen LogP contribution in [0.1, 0.15) is 28.8 Å². The van der Waals surface area contributed by atoms with Crippen molar-refractivity contribution in [3.05, 3.63) is 35.4 Å². The van der Waals surface area contributed by atoms with Gasteiger partial charge in [-0.1, -0.05) is 17.7 Å². The average Bonchev–Trinajstić information content (AvgIpc) is 2.77. The molecule has 1 aliphatic heterocycles. The smallest absolute Gasteiger partial charge is 0.254 e. The number of likely N-dealkylation sites (tertiary alicyclic amines) is 1. The fraction of sp³-hybridized carbons (Fsp3) is 0.385. The molecule has 4 heteroatoms. The Hall–Kier alpha value is -1.84. The maximum absolute atomic E-state index is 12.2. The van der Waals surface area contributed by atoms with Crippen LogP contribution in [0.25, 0.3) is 0 Å². The van der Waals surface area contributed by atoms with Crippen LogP contribution in [-0.4, -0.2) is 29.3 Å². The number of benzene rings is 1. The van der Waals surface area contributed by atoms with E-state index in [0.29, 0.717) is 18.5 Å². The molecule has 0 aliphatic carbocycles. The first-order chi connectivity index (χ1) is 8.09. The molecule has 2 amide bonds. The molecule has 90 valence electrons. The first-order valence-electron chi connectivity index (χ1n) is 5.76. The van der Waals surface area contributed by atoms with Crippen LogP contribution in [0.2, 0.25) is 0 Å². The lowest BCUT2D eigenvalue weighted by Crippen LogP contribution is -2.43. The molecule has 0 radical (unpaired) electrons. The highest BCUT2D eigenvalue weighted by Crippen LogP contribution is 2.20. The summed E-state index contributed by atoms with van der Waals surface area (Å²) in [7, 11) is 0. The van der Waals surface area contributed by atoms with Crippen molar-refractivity contribution in [2.45, 2.75) is 25.8 Å². The van der Waals surface area contributed by atoms with Gasteiger partial charge in [0.1, 0.15) is 6.04 Å². The third kappa shape index (κ3) is 2.30. The Labute approximate surface area is 100 Å². The van der Waals surface area contributed by atoms with Gasteiger partial charge in [0.2, 0.25) is 5.91 Å². The van der Waals surface area contributed by atoms with Gasteiger partial charge in [-0.25, -0.2) is 0 Å². The van der Waals surface area contributed by atoms with Crippen molar-refractivity contribution in [1.82, 2.24) is 4.90 Å². The van der Waals surface area contributed by atoms with Gasteiger partial charge in [0.25, 0.3) is 5.91 Å². The minimum atomic E-state index is -0.442. The van der Waals surface area contributed by atoms with Crippen LogP contribution in [0.15, 0.2) is 24.3 Å². The van der Waals surface area contributed by atoms with Crippen LogP contribution in [0, 0.1) is 6.92 Å². The van der Waals surface area contributed by atoms with Crippen molar-refractivity contribution < 1.29 is 9.59 Å². The lowest BCUT2D eigenvalue weighted by molar-refractivity contribution is -0.121. The van der Waals surface area contributed by atoms with E-state index in [-0.39, 0.29) is 5.91 Å². The molecule has 17 heavy (non-hydrogen) atoms. The molecule has 1 unspecified atom stereocenters. The fourth-order valence-electron chi connectivity index (χ4n) is 2.25. The Morgan fingerprint density at radius 1 is 1.41 bits per heavy atom. The van der Waals surface area contributed by atoms with Crippen LogP contribution in [0.5, 0.6) is 0 Å². The Morgan fingerprint density at radius 3 is 2.82 bits per heavy atom. The highest BCUT2D eigenvalue weighted by atomic mass is 16.2. The Kier molecular flexibility index (Phi) is 3.13. The lowest BCUT2D eigenvalue weighted by atomic mass is 10.1. The number of rotatable bonds is 2. The lowest BCUT2D eigenvalue weighted by Gasteiger charge is -2.22. The highest BCUT2D eigenvalue weighted by molar-refractivity contribution is 5.97. The molecule has 1 atom stereocenters. The Balaban J connectivity index is 2.23. The zero-order chi connectivity index (χ0) is 12.4. The van der Waals surface area contributed by atoms with E-state index in [1.807, 2.05) is 25.1 Å². The third-order valence-corrected chi connectivity index (χ3v) is 3.11. The second-order valence-corrected chi connectivity index (χ2v) is 4.43. The van der Waals surface area contributed by atoms with Gasteiger partial charge in [-0.15, -0.1) is 0 Å². The van der Waals surface area contributed by atoms with Gasteiger partial charge in [-0.05, 0) is 31.9 Å². The van der Waals surface area contributed by atoms with E-state index in [9.17, 15) is 9.59 Å².